The van der Waals surface area contributed by atoms with Crippen LogP contribution in [0, 0.1) is 0 Å². The van der Waals surface area contributed by atoms with Crippen LogP contribution in [0.5, 0.6) is 11.5 Å². The molecule has 150 valence electrons. The quantitative estimate of drug-likeness (QED) is 0.461. The van der Waals surface area contributed by atoms with Crippen LogP contribution in [-0.2, 0) is 9.53 Å². The van der Waals surface area contributed by atoms with Crippen molar-refractivity contribution >= 4 is 12.0 Å². The fraction of sp³-hybridized carbons (Fsp3) is 0.591. The summed E-state index contributed by atoms with van der Waals surface area (Å²) in [5.41, 5.74) is 0.895. The Labute approximate surface area is 163 Å². The molecule has 1 aromatic carbocycles. The lowest BCUT2D eigenvalue weighted by Gasteiger charge is -2.21. The van der Waals surface area contributed by atoms with Crippen molar-refractivity contribution in [1.29, 1.82) is 0 Å². The van der Waals surface area contributed by atoms with E-state index < -0.39 is 0 Å². The van der Waals surface area contributed by atoms with E-state index in [1.807, 2.05) is 18.2 Å². The maximum Gasteiger partial charge on any atom is 0.244 e. The van der Waals surface area contributed by atoms with Gasteiger partial charge in [0.15, 0.2) is 11.5 Å². The molecule has 27 heavy (non-hydrogen) atoms. The molecule has 1 saturated carbocycles. The third kappa shape index (κ3) is 8.04. The predicted molar refractivity (Wildman–Crippen MR) is 108 cm³/mol. The first kappa shape index (κ1) is 21.3. The monoisotopic (exact) mass is 375 g/mol. The Morgan fingerprint density at radius 2 is 2.00 bits per heavy atom. The Morgan fingerprint density at radius 1 is 1.19 bits per heavy atom. The molecule has 1 amide bonds. The molecule has 0 aliphatic heterocycles. The molecule has 2 rings (SSSR count). The molecule has 1 aliphatic rings. The lowest BCUT2D eigenvalue weighted by Crippen LogP contribution is -2.24. The molecule has 0 unspecified atom stereocenters. The molecule has 1 N–H and O–H groups in total. The fourth-order valence-corrected chi connectivity index (χ4v) is 3.12. The lowest BCUT2D eigenvalue weighted by molar-refractivity contribution is -0.116. The van der Waals surface area contributed by atoms with Crippen molar-refractivity contribution in [3.63, 3.8) is 0 Å². The largest absolute Gasteiger partial charge is 0.493 e. The van der Waals surface area contributed by atoms with Crippen LogP contribution in [-0.4, -0.2) is 38.9 Å². The predicted octanol–water partition coefficient (Wildman–Crippen LogP) is 4.35. The van der Waals surface area contributed by atoms with E-state index in [1.54, 1.807) is 19.3 Å². The summed E-state index contributed by atoms with van der Waals surface area (Å²) in [5.74, 6) is 1.29. The Balaban J connectivity index is 1.69. The first-order valence-electron chi connectivity index (χ1n) is 10.1. The molecule has 0 spiro atoms. The van der Waals surface area contributed by atoms with Gasteiger partial charge in [-0.2, -0.15) is 0 Å². The normalized spacial score (nSPS) is 15.0. The summed E-state index contributed by atoms with van der Waals surface area (Å²) in [7, 11) is 1.61. The molecule has 0 aromatic heterocycles. The van der Waals surface area contributed by atoms with E-state index in [0.717, 1.165) is 24.2 Å². The number of rotatable bonds is 11. The van der Waals surface area contributed by atoms with E-state index in [9.17, 15) is 4.79 Å². The molecular weight excluding hydrogens is 342 g/mol. The molecule has 0 atom stereocenters. The Kier molecular flexibility index (Phi) is 9.77. The van der Waals surface area contributed by atoms with Crippen molar-refractivity contribution in [3.8, 4) is 11.5 Å². The summed E-state index contributed by atoms with van der Waals surface area (Å²) in [6.45, 7) is 4.05. The van der Waals surface area contributed by atoms with Gasteiger partial charge in [-0.15, -0.1) is 0 Å². The summed E-state index contributed by atoms with van der Waals surface area (Å²) < 4.78 is 16.9. The minimum absolute atomic E-state index is 0.0991. The zero-order valence-electron chi connectivity index (χ0n) is 16.7. The summed E-state index contributed by atoms with van der Waals surface area (Å²) in [5, 5.41) is 2.90. The van der Waals surface area contributed by atoms with Crippen LogP contribution >= 0.6 is 0 Å². The van der Waals surface area contributed by atoms with Crippen LogP contribution in [0.1, 0.15) is 57.4 Å². The average Bonchev–Trinajstić information content (AvgIpc) is 2.71. The van der Waals surface area contributed by atoms with Crippen LogP contribution in [0.2, 0.25) is 0 Å². The average molecular weight is 376 g/mol. The standard InChI is InChI=1S/C22H33NO4/c1-3-15-27-20-12-10-18(17-21(20)25-2)11-13-22(24)23-14-7-16-26-19-8-5-4-6-9-19/h10-13,17,19H,3-9,14-16H2,1-2H3,(H,23,24)/b13-11+. The molecule has 5 nitrogen and oxygen atoms in total. The fourth-order valence-electron chi connectivity index (χ4n) is 3.12. The van der Waals surface area contributed by atoms with Gasteiger partial charge in [0.25, 0.3) is 0 Å². The molecule has 0 bridgehead atoms. The van der Waals surface area contributed by atoms with Crippen LogP contribution in [0.15, 0.2) is 24.3 Å². The van der Waals surface area contributed by atoms with Crippen molar-refractivity contribution in [1.82, 2.24) is 5.32 Å². The van der Waals surface area contributed by atoms with Gasteiger partial charge < -0.3 is 19.5 Å². The van der Waals surface area contributed by atoms with Gasteiger partial charge in [0.05, 0.1) is 19.8 Å². The summed E-state index contributed by atoms with van der Waals surface area (Å²) in [6.07, 6.45) is 11.8. The second kappa shape index (κ2) is 12.4. The minimum Gasteiger partial charge on any atom is -0.493 e. The van der Waals surface area contributed by atoms with Crippen molar-refractivity contribution in [2.45, 2.75) is 58.0 Å². The van der Waals surface area contributed by atoms with Crippen LogP contribution < -0.4 is 14.8 Å². The highest BCUT2D eigenvalue weighted by Crippen LogP contribution is 2.28. The van der Waals surface area contributed by atoms with Crippen molar-refractivity contribution in [2.75, 3.05) is 26.9 Å². The molecule has 0 radical (unpaired) electrons. The second-order valence-corrected chi connectivity index (χ2v) is 6.87. The summed E-state index contributed by atoms with van der Waals surface area (Å²) in [6, 6.07) is 5.65. The van der Waals surface area contributed by atoms with E-state index in [1.165, 1.54) is 32.1 Å². The van der Waals surface area contributed by atoms with Crippen molar-refractivity contribution in [3.05, 3.63) is 29.8 Å². The van der Waals surface area contributed by atoms with Gasteiger partial charge in [-0.3, -0.25) is 4.79 Å². The van der Waals surface area contributed by atoms with Crippen LogP contribution in [0.4, 0.5) is 0 Å². The summed E-state index contributed by atoms with van der Waals surface area (Å²) in [4.78, 5) is 11.9. The maximum atomic E-state index is 11.9. The number of hydrogen-bond acceptors (Lipinski definition) is 4. The lowest BCUT2D eigenvalue weighted by atomic mass is 9.98. The molecule has 1 aliphatic carbocycles. The second-order valence-electron chi connectivity index (χ2n) is 6.87. The zero-order valence-corrected chi connectivity index (χ0v) is 16.7. The Morgan fingerprint density at radius 3 is 2.74 bits per heavy atom. The zero-order chi connectivity index (χ0) is 19.3. The first-order valence-corrected chi connectivity index (χ1v) is 10.1. The smallest absolute Gasteiger partial charge is 0.244 e. The number of amides is 1. The Hall–Kier alpha value is -2.01. The maximum absolute atomic E-state index is 11.9. The van der Waals surface area contributed by atoms with E-state index in [4.69, 9.17) is 14.2 Å². The number of carbonyl (C=O) groups excluding carboxylic acids is 1. The highest BCUT2D eigenvalue weighted by molar-refractivity contribution is 5.91. The van der Waals surface area contributed by atoms with Gasteiger partial charge >= 0.3 is 0 Å². The summed E-state index contributed by atoms with van der Waals surface area (Å²) >= 11 is 0. The van der Waals surface area contributed by atoms with Gasteiger partial charge in [0.2, 0.25) is 5.91 Å². The third-order valence-corrected chi connectivity index (χ3v) is 4.60. The van der Waals surface area contributed by atoms with E-state index in [0.29, 0.717) is 31.6 Å². The number of carbonyl (C=O) groups is 1. The topological polar surface area (TPSA) is 56.8 Å². The highest BCUT2D eigenvalue weighted by atomic mass is 16.5. The number of nitrogens with one attached hydrogen (secondary N) is 1. The minimum atomic E-state index is -0.0991. The first-order chi connectivity index (χ1) is 13.2. The van der Waals surface area contributed by atoms with Gasteiger partial charge in [-0.1, -0.05) is 32.3 Å². The van der Waals surface area contributed by atoms with Gasteiger partial charge in [0.1, 0.15) is 0 Å². The van der Waals surface area contributed by atoms with Gasteiger partial charge in [-0.05, 0) is 49.5 Å². The molecule has 1 aromatic rings. The molecular formula is C22H33NO4. The van der Waals surface area contributed by atoms with E-state index >= 15 is 0 Å². The highest BCUT2D eigenvalue weighted by Gasteiger charge is 2.13. The Bertz CT molecular complexity index is 594. The molecule has 0 heterocycles. The molecule has 5 heteroatoms. The molecule has 1 fully saturated rings. The molecule has 0 saturated heterocycles. The van der Waals surface area contributed by atoms with Crippen LogP contribution in [0.25, 0.3) is 6.08 Å². The van der Waals surface area contributed by atoms with E-state index in [2.05, 4.69) is 12.2 Å². The van der Waals surface area contributed by atoms with Crippen molar-refractivity contribution < 1.29 is 19.0 Å². The number of ether oxygens (including phenoxy) is 3. The van der Waals surface area contributed by atoms with Gasteiger partial charge in [-0.25, -0.2) is 0 Å². The number of benzene rings is 1. The number of methoxy groups -OCH3 is 1. The SMILES string of the molecule is CCCOc1ccc(/C=C/C(=O)NCCCOC2CCCCC2)cc1OC. The van der Waals surface area contributed by atoms with Crippen molar-refractivity contribution in [2.24, 2.45) is 0 Å². The van der Waals surface area contributed by atoms with Crippen LogP contribution in [0.3, 0.4) is 0 Å². The van der Waals surface area contributed by atoms with Gasteiger partial charge in [0, 0.05) is 19.2 Å². The third-order valence-electron chi connectivity index (χ3n) is 4.60. The number of hydrogen-bond donors (Lipinski definition) is 1. The van der Waals surface area contributed by atoms with E-state index in [-0.39, 0.29) is 5.91 Å².